The zero-order valence-corrected chi connectivity index (χ0v) is 10.5. The van der Waals surface area contributed by atoms with Crippen LogP contribution in [0, 0.1) is 0 Å². The third-order valence-corrected chi connectivity index (χ3v) is 2.28. The van der Waals surface area contributed by atoms with Crippen LogP contribution in [-0.2, 0) is 0 Å². The largest absolute Gasteiger partial charge is 0.316 e. The lowest BCUT2D eigenvalue weighted by molar-refractivity contribution is 0.553. The van der Waals surface area contributed by atoms with E-state index in [0.717, 1.165) is 45.7 Å². The second-order valence-electron chi connectivity index (χ2n) is 3.67. The average molecular weight is 226 g/mol. The van der Waals surface area contributed by atoms with Gasteiger partial charge in [0.2, 0.25) is 0 Å². The van der Waals surface area contributed by atoms with Crippen molar-refractivity contribution >= 4 is 6.72 Å². The van der Waals surface area contributed by atoms with Gasteiger partial charge in [-0.15, -0.1) is 6.58 Å². The van der Waals surface area contributed by atoms with Crippen LogP contribution in [0.15, 0.2) is 17.6 Å². The SMILES string of the molecule is C=CCC(CNCCNCCNCC)N=C. The second-order valence-corrected chi connectivity index (χ2v) is 3.67. The quantitative estimate of drug-likeness (QED) is 0.257. The molecule has 0 aromatic heterocycles. The van der Waals surface area contributed by atoms with Crippen molar-refractivity contribution in [1.29, 1.82) is 0 Å². The van der Waals surface area contributed by atoms with Crippen LogP contribution in [0.5, 0.6) is 0 Å². The van der Waals surface area contributed by atoms with E-state index in [1.165, 1.54) is 0 Å². The van der Waals surface area contributed by atoms with Gasteiger partial charge in [0.15, 0.2) is 0 Å². The van der Waals surface area contributed by atoms with Crippen molar-refractivity contribution in [2.24, 2.45) is 4.99 Å². The average Bonchev–Trinajstić information content (AvgIpc) is 2.31. The zero-order chi connectivity index (χ0) is 12.1. The molecule has 0 spiro atoms. The third-order valence-electron chi connectivity index (χ3n) is 2.28. The Balaban J connectivity index is 3.18. The molecule has 4 nitrogen and oxygen atoms in total. The van der Waals surface area contributed by atoms with Crippen molar-refractivity contribution in [3.05, 3.63) is 12.7 Å². The molecule has 0 rings (SSSR count). The molecule has 4 heteroatoms. The number of rotatable bonds is 12. The van der Waals surface area contributed by atoms with Gasteiger partial charge >= 0.3 is 0 Å². The summed E-state index contributed by atoms with van der Waals surface area (Å²) in [6.07, 6.45) is 2.78. The molecule has 0 saturated heterocycles. The minimum absolute atomic E-state index is 0.263. The van der Waals surface area contributed by atoms with Crippen molar-refractivity contribution in [3.8, 4) is 0 Å². The molecule has 0 bridgehead atoms. The van der Waals surface area contributed by atoms with Crippen LogP contribution in [0.25, 0.3) is 0 Å². The summed E-state index contributed by atoms with van der Waals surface area (Å²) < 4.78 is 0. The molecule has 0 saturated carbocycles. The van der Waals surface area contributed by atoms with Crippen LogP contribution in [0.1, 0.15) is 13.3 Å². The van der Waals surface area contributed by atoms with Crippen molar-refractivity contribution < 1.29 is 0 Å². The Morgan fingerprint density at radius 3 is 2.31 bits per heavy atom. The van der Waals surface area contributed by atoms with Crippen LogP contribution in [0.2, 0.25) is 0 Å². The predicted octanol–water partition coefficient (Wildman–Crippen LogP) is 0.420. The molecule has 1 unspecified atom stereocenters. The first-order chi connectivity index (χ1) is 7.85. The van der Waals surface area contributed by atoms with Gasteiger partial charge < -0.3 is 16.0 Å². The highest BCUT2D eigenvalue weighted by atomic mass is 15.0. The van der Waals surface area contributed by atoms with Gasteiger partial charge in [-0.05, 0) is 19.7 Å². The highest BCUT2D eigenvalue weighted by Crippen LogP contribution is 1.95. The topological polar surface area (TPSA) is 48.4 Å². The van der Waals surface area contributed by atoms with E-state index in [1.54, 1.807) is 0 Å². The molecule has 0 aliphatic heterocycles. The first-order valence-electron chi connectivity index (χ1n) is 6.04. The van der Waals surface area contributed by atoms with E-state index in [4.69, 9.17) is 0 Å². The molecule has 0 aromatic rings. The number of aliphatic imine (C=N–C) groups is 1. The zero-order valence-electron chi connectivity index (χ0n) is 10.5. The van der Waals surface area contributed by atoms with Gasteiger partial charge in [-0.1, -0.05) is 13.0 Å². The molecule has 0 fully saturated rings. The van der Waals surface area contributed by atoms with Crippen molar-refractivity contribution in [2.75, 3.05) is 39.3 Å². The normalized spacial score (nSPS) is 12.3. The number of likely N-dealkylation sites (N-methyl/N-ethyl adjacent to an activating group) is 1. The van der Waals surface area contributed by atoms with Crippen LogP contribution in [0.4, 0.5) is 0 Å². The van der Waals surface area contributed by atoms with Gasteiger partial charge in [0.05, 0.1) is 6.04 Å². The highest BCUT2D eigenvalue weighted by Gasteiger charge is 2.00. The van der Waals surface area contributed by atoms with Gasteiger partial charge in [0, 0.05) is 32.7 Å². The molecule has 0 aliphatic rings. The Labute approximate surface area is 99.6 Å². The molecule has 3 N–H and O–H groups in total. The summed E-state index contributed by atoms with van der Waals surface area (Å²) in [4.78, 5) is 4.02. The maximum absolute atomic E-state index is 4.02. The smallest absolute Gasteiger partial charge is 0.0651 e. The van der Waals surface area contributed by atoms with E-state index in [0.29, 0.717) is 0 Å². The van der Waals surface area contributed by atoms with Gasteiger partial charge in [0.25, 0.3) is 0 Å². The Bertz CT molecular complexity index is 170. The summed E-state index contributed by atoms with van der Waals surface area (Å²) in [6.45, 7) is 15.3. The summed E-state index contributed by atoms with van der Waals surface area (Å²) in [7, 11) is 0. The fraction of sp³-hybridized carbons (Fsp3) is 0.750. The highest BCUT2D eigenvalue weighted by molar-refractivity contribution is 5.24. The Morgan fingerprint density at radius 1 is 1.12 bits per heavy atom. The predicted molar refractivity (Wildman–Crippen MR) is 72.4 cm³/mol. The first kappa shape index (κ1) is 15.3. The lowest BCUT2D eigenvalue weighted by atomic mass is 10.2. The minimum Gasteiger partial charge on any atom is -0.316 e. The first-order valence-corrected chi connectivity index (χ1v) is 6.04. The standard InChI is InChI=1S/C12H26N4/c1-4-6-12(13-3)11-16-10-9-15-8-7-14-5-2/h4,12,14-16H,1,3,5-11H2,2H3. The summed E-state index contributed by atoms with van der Waals surface area (Å²) in [5, 5.41) is 9.97. The minimum atomic E-state index is 0.263. The van der Waals surface area contributed by atoms with E-state index >= 15 is 0 Å². The van der Waals surface area contributed by atoms with Crippen molar-refractivity contribution in [1.82, 2.24) is 16.0 Å². The van der Waals surface area contributed by atoms with E-state index in [9.17, 15) is 0 Å². The summed E-state index contributed by atoms with van der Waals surface area (Å²) in [5.74, 6) is 0. The maximum Gasteiger partial charge on any atom is 0.0651 e. The Hall–Kier alpha value is -0.710. The van der Waals surface area contributed by atoms with E-state index in [2.05, 4.69) is 41.2 Å². The molecule has 0 aromatic carbocycles. The summed E-state index contributed by atoms with van der Waals surface area (Å²) >= 11 is 0. The molecule has 0 amide bonds. The molecular weight excluding hydrogens is 200 g/mol. The number of hydrogen-bond donors (Lipinski definition) is 3. The van der Waals surface area contributed by atoms with Gasteiger partial charge in [-0.3, -0.25) is 4.99 Å². The van der Waals surface area contributed by atoms with Crippen LogP contribution >= 0.6 is 0 Å². The molecule has 1 atom stereocenters. The number of nitrogens with zero attached hydrogens (tertiary/aromatic N) is 1. The van der Waals surface area contributed by atoms with E-state index < -0.39 is 0 Å². The van der Waals surface area contributed by atoms with Crippen molar-refractivity contribution in [2.45, 2.75) is 19.4 Å². The fourth-order valence-corrected chi connectivity index (χ4v) is 1.34. The van der Waals surface area contributed by atoms with E-state index in [-0.39, 0.29) is 6.04 Å². The molecule has 94 valence electrons. The second kappa shape index (κ2) is 12.4. The molecule has 0 heterocycles. The summed E-state index contributed by atoms with van der Waals surface area (Å²) in [5.41, 5.74) is 0. The maximum atomic E-state index is 4.02. The van der Waals surface area contributed by atoms with Crippen molar-refractivity contribution in [3.63, 3.8) is 0 Å². The monoisotopic (exact) mass is 226 g/mol. The lowest BCUT2D eigenvalue weighted by Crippen LogP contribution is -2.34. The number of nitrogens with one attached hydrogen (secondary N) is 3. The fourth-order valence-electron chi connectivity index (χ4n) is 1.34. The molecule has 0 radical (unpaired) electrons. The van der Waals surface area contributed by atoms with Gasteiger partial charge in [-0.25, -0.2) is 0 Å². The van der Waals surface area contributed by atoms with Crippen LogP contribution < -0.4 is 16.0 Å². The van der Waals surface area contributed by atoms with Gasteiger partial charge in [-0.2, -0.15) is 0 Å². The van der Waals surface area contributed by atoms with Crippen LogP contribution in [-0.4, -0.2) is 52.0 Å². The van der Waals surface area contributed by atoms with Gasteiger partial charge in [0.1, 0.15) is 0 Å². The Morgan fingerprint density at radius 2 is 1.75 bits per heavy atom. The number of hydrogen-bond acceptors (Lipinski definition) is 4. The lowest BCUT2D eigenvalue weighted by Gasteiger charge is -2.11. The molecular formula is C12H26N4. The van der Waals surface area contributed by atoms with Crippen LogP contribution in [0.3, 0.4) is 0 Å². The van der Waals surface area contributed by atoms with E-state index in [1.807, 2.05) is 6.08 Å². The molecule has 16 heavy (non-hydrogen) atoms. The third kappa shape index (κ3) is 9.83. The molecule has 0 aliphatic carbocycles. The Kier molecular flexibility index (Phi) is 11.8. The summed E-state index contributed by atoms with van der Waals surface area (Å²) in [6, 6.07) is 0.263.